The minimum atomic E-state index is 0.561. The van der Waals surface area contributed by atoms with Crippen molar-refractivity contribution in [2.45, 2.75) is 39.8 Å². The second-order valence-corrected chi connectivity index (χ2v) is 4.40. The molecule has 1 fully saturated rings. The fraction of sp³-hybridized carbons (Fsp3) is 1.00. The van der Waals surface area contributed by atoms with E-state index in [-0.39, 0.29) is 0 Å². The van der Waals surface area contributed by atoms with Crippen molar-refractivity contribution >= 4 is 0 Å². The number of nitrogens with zero attached hydrogens (tertiary/aromatic N) is 2. The lowest BCUT2D eigenvalue weighted by Crippen LogP contribution is -2.54. The van der Waals surface area contributed by atoms with Gasteiger partial charge in [0.1, 0.15) is 0 Å². The average molecular weight is 185 g/mol. The summed E-state index contributed by atoms with van der Waals surface area (Å²) in [6, 6.07) is 1.26. The maximum atomic E-state index is 3.45. The lowest BCUT2D eigenvalue weighted by Gasteiger charge is -2.37. The zero-order valence-electron chi connectivity index (χ0n) is 9.38. The van der Waals surface area contributed by atoms with Crippen molar-refractivity contribution in [3.8, 4) is 0 Å². The Labute approximate surface area is 82.1 Å². The molecule has 1 rings (SSSR count). The monoisotopic (exact) mass is 185 g/mol. The second kappa shape index (κ2) is 4.94. The number of hydrazine groups is 1. The first kappa shape index (κ1) is 11.0. The molecule has 0 atom stereocenters. The zero-order chi connectivity index (χ0) is 9.84. The van der Waals surface area contributed by atoms with Gasteiger partial charge >= 0.3 is 0 Å². The number of piperazine rings is 1. The largest absolute Gasteiger partial charge is 0.298 e. The molecule has 0 spiro atoms. The molecule has 13 heavy (non-hydrogen) atoms. The summed E-state index contributed by atoms with van der Waals surface area (Å²) in [5.41, 5.74) is 3.45. The van der Waals surface area contributed by atoms with Crippen molar-refractivity contribution in [3.63, 3.8) is 0 Å². The lowest BCUT2D eigenvalue weighted by atomic mass is 10.2. The third-order valence-corrected chi connectivity index (χ3v) is 2.49. The van der Waals surface area contributed by atoms with E-state index in [1.807, 2.05) is 0 Å². The van der Waals surface area contributed by atoms with E-state index in [0.29, 0.717) is 12.1 Å². The molecule has 0 amide bonds. The van der Waals surface area contributed by atoms with Crippen LogP contribution in [0.25, 0.3) is 0 Å². The van der Waals surface area contributed by atoms with E-state index >= 15 is 0 Å². The second-order valence-electron chi connectivity index (χ2n) is 4.40. The van der Waals surface area contributed by atoms with Crippen LogP contribution in [-0.4, -0.2) is 48.2 Å². The van der Waals surface area contributed by atoms with Gasteiger partial charge in [-0.1, -0.05) is 0 Å². The Morgan fingerprint density at radius 1 is 0.923 bits per heavy atom. The molecule has 3 heteroatoms. The Balaban J connectivity index is 2.22. The molecule has 1 aliphatic heterocycles. The van der Waals surface area contributed by atoms with Gasteiger partial charge in [0.25, 0.3) is 0 Å². The van der Waals surface area contributed by atoms with E-state index in [1.54, 1.807) is 0 Å². The van der Waals surface area contributed by atoms with E-state index in [1.165, 1.54) is 13.1 Å². The van der Waals surface area contributed by atoms with Gasteiger partial charge in [0.05, 0.1) is 0 Å². The predicted octanol–water partition coefficient (Wildman–Crippen LogP) is 0.925. The molecular formula is C10H23N3. The summed E-state index contributed by atoms with van der Waals surface area (Å²) >= 11 is 0. The van der Waals surface area contributed by atoms with Gasteiger partial charge in [-0.15, -0.1) is 0 Å². The molecule has 3 nitrogen and oxygen atoms in total. The van der Waals surface area contributed by atoms with Crippen LogP contribution in [0.2, 0.25) is 0 Å². The molecule has 1 N–H and O–H groups in total. The Morgan fingerprint density at radius 3 is 1.85 bits per heavy atom. The van der Waals surface area contributed by atoms with Crippen molar-refractivity contribution in [1.29, 1.82) is 0 Å². The maximum Gasteiger partial charge on any atom is 0.0259 e. The molecule has 0 unspecified atom stereocenters. The van der Waals surface area contributed by atoms with Gasteiger partial charge in [-0.3, -0.25) is 10.3 Å². The highest BCUT2D eigenvalue weighted by molar-refractivity contribution is 4.72. The summed E-state index contributed by atoms with van der Waals surface area (Å²) in [4.78, 5) is 2.53. The van der Waals surface area contributed by atoms with Gasteiger partial charge in [-0.05, 0) is 27.7 Å². The third-order valence-electron chi connectivity index (χ3n) is 2.49. The summed E-state index contributed by atoms with van der Waals surface area (Å²) in [7, 11) is 0. The normalized spacial score (nSPS) is 21.7. The van der Waals surface area contributed by atoms with E-state index in [0.717, 1.165) is 13.1 Å². The van der Waals surface area contributed by atoms with E-state index in [4.69, 9.17) is 0 Å². The zero-order valence-corrected chi connectivity index (χ0v) is 9.38. The van der Waals surface area contributed by atoms with Gasteiger partial charge < -0.3 is 0 Å². The minimum absolute atomic E-state index is 0.561. The molecule has 1 saturated heterocycles. The van der Waals surface area contributed by atoms with Crippen molar-refractivity contribution in [2.24, 2.45) is 0 Å². The van der Waals surface area contributed by atoms with Gasteiger partial charge in [0.15, 0.2) is 0 Å². The third kappa shape index (κ3) is 3.63. The molecule has 0 aromatic heterocycles. The highest BCUT2D eigenvalue weighted by Gasteiger charge is 2.18. The lowest BCUT2D eigenvalue weighted by molar-refractivity contribution is 0.0641. The Hall–Kier alpha value is -0.120. The first-order chi connectivity index (χ1) is 6.09. The highest BCUT2D eigenvalue weighted by Crippen LogP contribution is 2.03. The van der Waals surface area contributed by atoms with Crippen LogP contribution in [-0.2, 0) is 0 Å². The first-order valence-corrected chi connectivity index (χ1v) is 5.34. The van der Waals surface area contributed by atoms with E-state index in [2.05, 4.69) is 43.0 Å². The van der Waals surface area contributed by atoms with Crippen LogP contribution >= 0.6 is 0 Å². The molecule has 1 heterocycles. The van der Waals surface area contributed by atoms with Crippen LogP contribution in [0.4, 0.5) is 0 Å². The van der Waals surface area contributed by atoms with Crippen molar-refractivity contribution in [1.82, 2.24) is 15.3 Å². The summed E-state index contributed by atoms with van der Waals surface area (Å²) in [6.45, 7) is 13.6. The molecule has 0 aromatic carbocycles. The van der Waals surface area contributed by atoms with Crippen molar-refractivity contribution in [3.05, 3.63) is 0 Å². The number of hydrogen-bond donors (Lipinski definition) is 1. The van der Waals surface area contributed by atoms with Gasteiger partial charge in [-0.2, -0.15) is 0 Å². The van der Waals surface area contributed by atoms with E-state index < -0.39 is 0 Å². The fourth-order valence-electron chi connectivity index (χ4n) is 1.73. The fourth-order valence-corrected chi connectivity index (χ4v) is 1.73. The predicted molar refractivity (Wildman–Crippen MR) is 56.6 cm³/mol. The van der Waals surface area contributed by atoms with Gasteiger partial charge in [0, 0.05) is 38.3 Å². The topological polar surface area (TPSA) is 18.5 Å². The SMILES string of the molecule is CC(C)NN1CCN(C(C)C)CC1. The van der Waals surface area contributed by atoms with Crippen LogP contribution in [0.3, 0.4) is 0 Å². The molecule has 1 aliphatic rings. The molecule has 0 saturated carbocycles. The average Bonchev–Trinajstić information content (AvgIpc) is 2.04. The van der Waals surface area contributed by atoms with Crippen molar-refractivity contribution < 1.29 is 0 Å². The van der Waals surface area contributed by atoms with Crippen LogP contribution < -0.4 is 5.43 Å². The summed E-state index contributed by atoms with van der Waals surface area (Å²) in [6.07, 6.45) is 0. The maximum absolute atomic E-state index is 3.45. The molecule has 0 radical (unpaired) electrons. The van der Waals surface area contributed by atoms with Crippen LogP contribution in [0.5, 0.6) is 0 Å². The van der Waals surface area contributed by atoms with Crippen LogP contribution in [0.1, 0.15) is 27.7 Å². The Bertz CT molecular complexity index is 137. The molecule has 0 bridgehead atoms. The molecule has 78 valence electrons. The standard InChI is InChI=1S/C10H23N3/c1-9(2)11-13-7-5-12(6-8-13)10(3)4/h9-11H,5-8H2,1-4H3. The first-order valence-electron chi connectivity index (χ1n) is 5.34. The van der Waals surface area contributed by atoms with Gasteiger partial charge in [0.2, 0.25) is 0 Å². The van der Waals surface area contributed by atoms with E-state index in [9.17, 15) is 0 Å². The Morgan fingerprint density at radius 2 is 1.46 bits per heavy atom. The quantitative estimate of drug-likeness (QED) is 0.705. The number of hydrogen-bond acceptors (Lipinski definition) is 3. The molecule has 0 aromatic rings. The van der Waals surface area contributed by atoms with Gasteiger partial charge in [-0.25, -0.2) is 5.01 Å². The smallest absolute Gasteiger partial charge is 0.0259 e. The van der Waals surface area contributed by atoms with Crippen molar-refractivity contribution in [2.75, 3.05) is 26.2 Å². The highest BCUT2D eigenvalue weighted by atomic mass is 15.5. The number of rotatable bonds is 3. The van der Waals surface area contributed by atoms with Crippen LogP contribution in [0.15, 0.2) is 0 Å². The number of nitrogens with one attached hydrogen (secondary N) is 1. The summed E-state index contributed by atoms with van der Waals surface area (Å²) < 4.78 is 0. The molecule has 0 aliphatic carbocycles. The Kier molecular flexibility index (Phi) is 4.16. The van der Waals surface area contributed by atoms with Crippen LogP contribution in [0, 0.1) is 0 Å². The minimum Gasteiger partial charge on any atom is -0.298 e. The summed E-state index contributed by atoms with van der Waals surface area (Å²) in [5.74, 6) is 0. The molecular weight excluding hydrogens is 162 g/mol. The summed E-state index contributed by atoms with van der Waals surface area (Å²) in [5, 5.41) is 2.34.